The third-order valence-corrected chi connectivity index (χ3v) is 5.69. The van der Waals surface area contributed by atoms with Crippen LogP contribution in [0.1, 0.15) is 36.5 Å². The van der Waals surface area contributed by atoms with Crippen LogP contribution in [0.5, 0.6) is 0 Å². The van der Waals surface area contributed by atoms with Gasteiger partial charge in [0.15, 0.2) is 0 Å². The number of pyridine rings is 1. The Kier molecular flexibility index (Phi) is 4.37. The number of hydrogen-bond donors (Lipinski definition) is 1. The minimum absolute atomic E-state index is 0.0193. The van der Waals surface area contributed by atoms with Gasteiger partial charge < -0.3 is 10.0 Å². The average molecular weight is 348 g/mol. The molecule has 0 aliphatic carbocycles. The largest absolute Gasteiger partial charge is 0.396 e. The van der Waals surface area contributed by atoms with E-state index < -0.39 is 0 Å². The molecular formula is C22H24N2O2. The zero-order valence-electron chi connectivity index (χ0n) is 15.1. The number of benzene rings is 2. The van der Waals surface area contributed by atoms with E-state index in [1.807, 2.05) is 41.3 Å². The first-order chi connectivity index (χ1) is 12.7. The average Bonchev–Trinajstić information content (AvgIpc) is 3.12. The zero-order valence-corrected chi connectivity index (χ0v) is 15.1. The van der Waals surface area contributed by atoms with E-state index in [2.05, 4.69) is 18.0 Å². The van der Waals surface area contributed by atoms with Crippen LogP contribution in [0.25, 0.3) is 21.7 Å². The van der Waals surface area contributed by atoms with Crippen molar-refractivity contribution in [3.63, 3.8) is 0 Å². The first kappa shape index (κ1) is 17.0. The molecule has 4 heteroatoms. The molecule has 0 bridgehead atoms. The second-order valence-electron chi connectivity index (χ2n) is 7.43. The van der Waals surface area contributed by atoms with Gasteiger partial charge in [0, 0.05) is 30.1 Å². The molecule has 2 heterocycles. The van der Waals surface area contributed by atoms with E-state index in [0.717, 1.165) is 40.9 Å². The lowest BCUT2D eigenvalue weighted by molar-refractivity contribution is 0.0731. The molecule has 1 atom stereocenters. The molecule has 134 valence electrons. The van der Waals surface area contributed by atoms with Gasteiger partial charge in [-0.2, -0.15) is 0 Å². The third kappa shape index (κ3) is 2.74. The van der Waals surface area contributed by atoms with Gasteiger partial charge in [-0.05, 0) is 35.7 Å². The molecule has 2 aromatic carbocycles. The second kappa shape index (κ2) is 6.69. The topological polar surface area (TPSA) is 53.4 Å². The lowest BCUT2D eigenvalue weighted by Gasteiger charge is -2.26. The Morgan fingerprint density at radius 3 is 2.85 bits per heavy atom. The first-order valence-electron chi connectivity index (χ1n) is 9.34. The highest BCUT2D eigenvalue weighted by Gasteiger charge is 2.39. The molecule has 26 heavy (non-hydrogen) atoms. The number of rotatable bonds is 4. The van der Waals surface area contributed by atoms with E-state index in [1.165, 1.54) is 0 Å². The molecule has 1 saturated heterocycles. The van der Waals surface area contributed by atoms with E-state index in [-0.39, 0.29) is 17.9 Å². The number of likely N-dealkylation sites (tertiary alicyclic amines) is 1. The molecule has 1 aliphatic heterocycles. The van der Waals surface area contributed by atoms with Crippen LogP contribution in [-0.4, -0.2) is 40.6 Å². The van der Waals surface area contributed by atoms with E-state index in [1.54, 1.807) is 6.20 Å². The number of aliphatic hydroxyl groups excluding tert-OH is 1. The highest BCUT2D eigenvalue weighted by atomic mass is 16.3. The smallest absolute Gasteiger partial charge is 0.256 e. The SMILES string of the molecule is CCC[C@]1(CO)CCN(C(=O)c2cc3ccccc3c3cccnc23)C1. The van der Waals surface area contributed by atoms with Crippen molar-refractivity contribution in [3.8, 4) is 0 Å². The van der Waals surface area contributed by atoms with Crippen LogP contribution in [0.15, 0.2) is 48.7 Å². The van der Waals surface area contributed by atoms with Crippen molar-refractivity contribution in [3.05, 3.63) is 54.2 Å². The van der Waals surface area contributed by atoms with Crippen molar-refractivity contribution in [2.45, 2.75) is 26.2 Å². The Morgan fingerprint density at radius 1 is 1.23 bits per heavy atom. The number of hydrogen-bond acceptors (Lipinski definition) is 3. The molecule has 4 nitrogen and oxygen atoms in total. The van der Waals surface area contributed by atoms with Crippen LogP contribution in [0.4, 0.5) is 0 Å². The molecule has 3 aromatic rings. The number of carbonyl (C=O) groups is 1. The predicted molar refractivity (Wildman–Crippen MR) is 104 cm³/mol. The molecule has 1 fully saturated rings. The molecule has 1 aromatic heterocycles. The van der Waals surface area contributed by atoms with E-state index in [4.69, 9.17) is 0 Å². The van der Waals surface area contributed by atoms with Crippen molar-refractivity contribution in [2.24, 2.45) is 5.41 Å². The van der Waals surface area contributed by atoms with Crippen LogP contribution >= 0.6 is 0 Å². The number of aromatic nitrogens is 1. The second-order valence-corrected chi connectivity index (χ2v) is 7.43. The normalized spacial score (nSPS) is 20.2. The number of carbonyl (C=O) groups excluding carboxylic acids is 1. The number of amides is 1. The summed E-state index contributed by atoms with van der Waals surface area (Å²) in [4.78, 5) is 19.7. The molecular weight excluding hydrogens is 324 g/mol. The minimum atomic E-state index is -0.148. The minimum Gasteiger partial charge on any atom is -0.396 e. The van der Waals surface area contributed by atoms with Gasteiger partial charge >= 0.3 is 0 Å². The molecule has 1 N–H and O–H groups in total. The molecule has 4 rings (SSSR count). The highest BCUT2D eigenvalue weighted by Crippen LogP contribution is 2.36. The summed E-state index contributed by atoms with van der Waals surface area (Å²) in [6.07, 6.45) is 4.57. The fourth-order valence-corrected chi connectivity index (χ4v) is 4.31. The summed E-state index contributed by atoms with van der Waals surface area (Å²) in [5.41, 5.74) is 1.27. The number of aliphatic hydroxyl groups is 1. The standard InChI is InChI=1S/C22H24N2O2/c1-2-9-22(15-25)10-12-24(14-22)21(26)19-13-16-6-3-4-7-17(16)18-8-5-11-23-20(18)19/h3-8,11,13,25H,2,9-10,12,14-15H2,1H3/t22-/m0/s1. The molecule has 1 amide bonds. The Bertz CT molecular complexity index is 969. The van der Waals surface area contributed by atoms with Crippen LogP contribution in [0.2, 0.25) is 0 Å². The highest BCUT2D eigenvalue weighted by molar-refractivity contribution is 6.15. The van der Waals surface area contributed by atoms with Crippen LogP contribution in [0.3, 0.4) is 0 Å². The van der Waals surface area contributed by atoms with Gasteiger partial charge in [0.05, 0.1) is 17.7 Å². The van der Waals surface area contributed by atoms with Crippen LogP contribution in [0, 0.1) is 5.41 Å². The maximum Gasteiger partial charge on any atom is 0.256 e. The Morgan fingerprint density at radius 2 is 2.04 bits per heavy atom. The van der Waals surface area contributed by atoms with Gasteiger partial charge in [-0.3, -0.25) is 9.78 Å². The van der Waals surface area contributed by atoms with Gasteiger partial charge in [0.2, 0.25) is 0 Å². The summed E-state index contributed by atoms with van der Waals surface area (Å²) in [5.74, 6) is 0.0193. The lowest BCUT2D eigenvalue weighted by atomic mass is 9.83. The van der Waals surface area contributed by atoms with Gasteiger partial charge in [-0.1, -0.05) is 43.7 Å². The van der Waals surface area contributed by atoms with Crippen molar-refractivity contribution in [2.75, 3.05) is 19.7 Å². The maximum atomic E-state index is 13.3. The summed E-state index contributed by atoms with van der Waals surface area (Å²) in [7, 11) is 0. The molecule has 1 aliphatic rings. The first-order valence-corrected chi connectivity index (χ1v) is 9.34. The van der Waals surface area contributed by atoms with Gasteiger partial charge in [-0.25, -0.2) is 0 Å². The van der Waals surface area contributed by atoms with Crippen molar-refractivity contribution in [1.29, 1.82) is 0 Å². The van der Waals surface area contributed by atoms with E-state index in [0.29, 0.717) is 18.7 Å². The monoisotopic (exact) mass is 348 g/mol. The number of fused-ring (bicyclic) bond motifs is 3. The third-order valence-electron chi connectivity index (χ3n) is 5.69. The summed E-state index contributed by atoms with van der Waals surface area (Å²) < 4.78 is 0. The number of nitrogens with zero attached hydrogens (tertiary/aromatic N) is 2. The van der Waals surface area contributed by atoms with Crippen LogP contribution < -0.4 is 0 Å². The van der Waals surface area contributed by atoms with Crippen molar-refractivity contribution < 1.29 is 9.90 Å². The zero-order chi connectivity index (χ0) is 18.1. The summed E-state index contributed by atoms with van der Waals surface area (Å²) in [5, 5.41) is 13.1. The Hall–Kier alpha value is -2.46. The summed E-state index contributed by atoms with van der Waals surface area (Å²) in [6, 6.07) is 14.0. The summed E-state index contributed by atoms with van der Waals surface area (Å²) >= 11 is 0. The molecule has 0 spiro atoms. The molecule has 0 radical (unpaired) electrons. The van der Waals surface area contributed by atoms with Gasteiger partial charge in [0.1, 0.15) is 0 Å². The van der Waals surface area contributed by atoms with Gasteiger partial charge in [0.25, 0.3) is 5.91 Å². The van der Waals surface area contributed by atoms with Crippen molar-refractivity contribution in [1.82, 2.24) is 9.88 Å². The summed E-state index contributed by atoms with van der Waals surface area (Å²) in [6.45, 7) is 3.59. The Balaban J connectivity index is 1.77. The van der Waals surface area contributed by atoms with Gasteiger partial charge in [-0.15, -0.1) is 0 Å². The predicted octanol–water partition coefficient (Wildman–Crippen LogP) is 4.01. The molecule has 0 unspecified atom stereocenters. The molecule has 0 saturated carbocycles. The fraction of sp³-hybridized carbons (Fsp3) is 0.364. The lowest BCUT2D eigenvalue weighted by Crippen LogP contribution is -2.34. The van der Waals surface area contributed by atoms with Crippen LogP contribution in [-0.2, 0) is 0 Å². The van der Waals surface area contributed by atoms with E-state index in [9.17, 15) is 9.90 Å². The van der Waals surface area contributed by atoms with Crippen molar-refractivity contribution >= 4 is 27.6 Å². The fourth-order valence-electron chi connectivity index (χ4n) is 4.31. The maximum absolute atomic E-state index is 13.3. The Labute approximate surface area is 153 Å². The van der Waals surface area contributed by atoms with E-state index >= 15 is 0 Å². The quantitative estimate of drug-likeness (QED) is 0.725.